The van der Waals surface area contributed by atoms with Crippen LogP contribution in [0.3, 0.4) is 0 Å². The number of nitrogens with zero attached hydrogens (tertiary/aromatic N) is 1. The number of rotatable bonds is 6. The summed E-state index contributed by atoms with van der Waals surface area (Å²) in [6, 6.07) is 6.12. The van der Waals surface area contributed by atoms with Crippen LogP contribution in [0.4, 0.5) is 0 Å². The molecule has 2 aromatic rings. The molecule has 2 bridgehead atoms. The molecular formula is C23H27NO5S2. The van der Waals surface area contributed by atoms with Gasteiger partial charge in [0.05, 0.1) is 25.9 Å². The molecular weight excluding hydrogens is 434 g/mol. The monoisotopic (exact) mass is 461 g/mol. The Morgan fingerprint density at radius 3 is 2.68 bits per heavy atom. The van der Waals surface area contributed by atoms with Gasteiger partial charge in [0.1, 0.15) is 6.54 Å². The summed E-state index contributed by atoms with van der Waals surface area (Å²) in [5.41, 5.74) is 1.16. The van der Waals surface area contributed by atoms with Crippen molar-refractivity contribution >= 4 is 29.1 Å². The largest absolute Gasteiger partial charge is 0.493 e. The highest BCUT2D eigenvalue weighted by Crippen LogP contribution is 2.64. The highest BCUT2D eigenvalue weighted by Gasteiger charge is 2.55. The van der Waals surface area contributed by atoms with Crippen LogP contribution < -0.4 is 14.3 Å². The first-order chi connectivity index (χ1) is 15.0. The van der Waals surface area contributed by atoms with E-state index in [1.165, 1.54) is 30.6 Å². The van der Waals surface area contributed by atoms with E-state index in [0.717, 1.165) is 15.5 Å². The predicted molar refractivity (Wildman–Crippen MR) is 121 cm³/mol. The van der Waals surface area contributed by atoms with Gasteiger partial charge in [0.25, 0.3) is 0 Å². The van der Waals surface area contributed by atoms with Crippen LogP contribution in [0.1, 0.15) is 42.5 Å². The lowest BCUT2D eigenvalue weighted by atomic mass is 9.75. The smallest absolute Gasteiger partial charge is 0.326 e. The van der Waals surface area contributed by atoms with Crippen molar-refractivity contribution in [3.63, 3.8) is 0 Å². The van der Waals surface area contributed by atoms with E-state index < -0.39 is 0 Å². The lowest BCUT2D eigenvalue weighted by Crippen LogP contribution is -2.34. The van der Waals surface area contributed by atoms with E-state index in [2.05, 4.69) is 12.1 Å². The Morgan fingerprint density at radius 2 is 1.94 bits per heavy atom. The maximum Gasteiger partial charge on any atom is 0.326 e. The maximum atomic E-state index is 13.0. The van der Waals surface area contributed by atoms with Crippen molar-refractivity contribution < 1.29 is 19.0 Å². The molecule has 0 spiro atoms. The third kappa shape index (κ3) is 3.39. The fraction of sp³-hybridized carbons (Fsp3) is 0.565. The van der Waals surface area contributed by atoms with Gasteiger partial charge in [-0.3, -0.25) is 14.2 Å². The maximum absolute atomic E-state index is 13.0. The van der Waals surface area contributed by atoms with Crippen LogP contribution in [0.15, 0.2) is 28.0 Å². The van der Waals surface area contributed by atoms with Gasteiger partial charge in [-0.15, -0.1) is 11.8 Å². The van der Waals surface area contributed by atoms with Crippen LogP contribution >= 0.6 is 23.1 Å². The van der Waals surface area contributed by atoms with Crippen LogP contribution in [-0.4, -0.2) is 36.6 Å². The Balaban J connectivity index is 1.62. The van der Waals surface area contributed by atoms with E-state index in [4.69, 9.17) is 14.2 Å². The Morgan fingerprint density at radius 1 is 1.16 bits per heavy atom. The molecule has 2 saturated carbocycles. The molecule has 1 aromatic carbocycles. The molecule has 0 amide bonds. The summed E-state index contributed by atoms with van der Waals surface area (Å²) < 4.78 is 17.8. The topological polar surface area (TPSA) is 66.8 Å². The van der Waals surface area contributed by atoms with Gasteiger partial charge in [0.2, 0.25) is 0 Å². The van der Waals surface area contributed by atoms with E-state index in [1.807, 2.05) is 17.8 Å². The van der Waals surface area contributed by atoms with Crippen molar-refractivity contribution in [2.45, 2.75) is 48.9 Å². The number of thiazole rings is 1. The minimum absolute atomic E-state index is 0.0182. The quantitative estimate of drug-likeness (QED) is 0.603. The molecule has 2 heterocycles. The first-order valence-corrected chi connectivity index (χ1v) is 12.5. The number of ether oxygens (including phenoxy) is 3. The third-order valence-electron chi connectivity index (χ3n) is 7.05. The number of methoxy groups -OCH3 is 2. The third-order valence-corrected chi connectivity index (χ3v) is 9.88. The number of aromatic nitrogens is 1. The summed E-state index contributed by atoms with van der Waals surface area (Å²) in [6.45, 7) is 2.08. The second-order valence-electron chi connectivity index (χ2n) is 8.51. The van der Waals surface area contributed by atoms with Crippen molar-refractivity contribution in [3.8, 4) is 11.5 Å². The predicted octanol–water partition coefficient (Wildman–Crippen LogP) is 4.14. The zero-order chi connectivity index (χ0) is 21.7. The molecule has 31 heavy (non-hydrogen) atoms. The molecule has 2 fully saturated rings. The number of thioether (sulfide) groups is 1. The first kappa shape index (κ1) is 20.9. The minimum atomic E-state index is -0.358. The molecule has 8 heteroatoms. The summed E-state index contributed by atoms with van der Waals surface area (Å²) in [5.74, 6) is 3.06. The molecule has 0 unspecified atom stereocenters. The average molecular weight is 462 g/mol. The van der Waals surface area contributed by atoms with Crippen LogP contribution in [0.25, 0.3) is 0 Å². The van der Waals surface area contributed by atoms with E-state index in [1.54, 1.807) is 25.7 Å². The molecule has 166 valence electrons. The SMILES string of the molecule is CCOC(=O)Cn1c2c(sc1=O)[C@@H](c1ccc(OC)c(OC)c1)[C@@H]1[C@H]3CC[C@@H](C3)[C@H]1S2. The van der Waals surface area contributed by atoms with Gasteiger partial charge in [-0.2, -0.15) is 0 Å². The lowest BCUT2D eigenvalue weighted by Gasteiger charge is -2.40. The van der Waals surface area contributed by atoms with Crippen molar-refractivity contribution in [2.24, 2.45) is 17.8 Å². The van der Waals surface area contributed by atoms with Gasteiger partial charge >= 0.3 is 10.8 Å². The summed E-state index contributed by atoms with van der Waals surface area (Å²) in [7, 11) is 3.29. The summed E-state index contributed by atoms with van der Waals surface area (Å²) >= 11 is 3.11. The van der Waals surface area contributed by atoms with Gasteiger partial charge < -0.3 is 14.2 Å². The van der Waals surface area contributed by atoms with Crippen molar-refractivity contribution in [1.82, 2.24) is 4.57 Å². The van der Waals surface area contributed by atoms with Crippen molar-refractivity contribution in [1.29, 1.82) is 0 Å². The molecule has 0 N–H and O–H groups in total. The molecule has 0 saturated heterocycles. The van der Waals surface area contributed by atoms with E-state index >= 15 is 0 Å². The van der Waals surface area contributed by atoms with Gasteiger partial charge in [-0.25, -0.2) is 0 Å². The fourth-order valence-corrected chi connectivity index (χ4v) is 8.99. The second-order valence-corrected chi connectivity index (χ2v) is 10.7. The highest BCUT2D eigenvalue weighted by molar-refractivity contribution is 8.00. The number of carbonyl (C=O) groups is 1. The van der Waals surface area contributed by atoms with Crippen molar-refractivity contribution in [2.75, 3.05) is 20.8 Å². The van der Waals surface area contributed by atoms with E-state index in [0.29, 0.717) is 41.1 Å². The molecule has 1 aliphatic heterocycles. The summed E-state index contributed by atoms with van der Waals surface area (Å²) in [5, 5.41) is 1.43. The van der Waals surface area contributed by atoms with Gasteiger partial charge in [0, 0.05) is 16.0 Å². The number of esters is 1. The van der Waals surface area contributed by atoms with Crippen molar-refractivity contribution in [3.05, 3.63) is 38.3 Å². The Labute approximate surface area is 189 Å². The molecule has 5 atom stereocenters. The summed E-state index contributed by atoms with van der Waals surface area (Å²) in [6.07, 6.45) is 3.80. The summed E-state index contributed by atoms with van der Waals surface area (Å²) in [4.78, 5) is 26.2. The van der Waals surface area contributed by atoms with Gasteiger partial charge in [-0.1, -0.05) is 17.4 Å². The second kappa shape index (κ2) is 8.20. The fourth-order valence-electron chi connectivity index (χ4n) is 5.84. The number of carbonyl (C=O) groups excluding carboxylic acids is 1. The average Bonchev–Trinajstić information content (AvgIpc) is 3.46. The molecule has 3 aliphatic rings. The molecule has 2 aliphatic carbocycles. The van der Waals surface area contributed by atoms with Gasteiger partial charge in [-0.05, 0) is 61.6 Å². The normalized spacial score (nSPS) is 28.2. The van der Waals surface area contributed by atoms with E-state index in [9.17, 15) is 9.59 Å². The zero-order valence-corrected chi connectivity index (χ0v) is 19.6. The number of fused-ring (bicyclic) bond motifs is 6. The Kier molecular flexibility index (Phi) is 5.54. The Hall–Kier alpha value is -1.93. The molecule has 0 radical (unpaired) electrons. The Bertz CT molecular complexity index is 1060. The van der Waals surface area contributed by atoms with Crippen LogP contribution in [-0.2, 0) is 16.1 Å². The molecule has 1 aromatic heterocycles. The van der Waals surface area contributed by atoms with Gasteiger partial charge in [0.15, 0.2) is 11.5 Å². The van der Waals surface area contributed by atoms with Crippen LogP contribution in [0.2, 0.25) is 0 Å². The van der Waals surface area contributed by atoms with Crippen LogP contribution in [0.5, 0.6) is 11.5 Å². The number of hydrogen-bond acceptors (Lipinski definition) is 7. The minimum Gasteiger partial charge on any atom is -0.493 e. The lowest BCUT2D eigenvalue weighted by molar-refractivity contribution is -0.144. The molecule has 5 rings (SSSR count). The zero-order valence-electron chi connectivity index (χ0n) is 18.0. The number of hydrogen-bond donors (Lipinski definition) is 0. The number of benzene rings is 1. The molecule has 6 nitrogen and oxygen atoms in total. The highest BCUT2D eigenvalue weighted by atomic mass is 32.2. The van der Waals surface area contributed by atoms with E-state index in [-0.39, 0.29) is 23.3 Å². The van der Waals surface area contributed by atoms with Crippen LogP contribution in [0, 0.1) is 17.8 Å². The first-order valence-electron chi connectivity index (χ1n) is 10.8. The standard InChI is InChI=1S/C23H27NO5S2/c1-4-29-17(25)11-24-22-21(31-23(24)26)19(13-7-8-15(27-2)16(10-13)28-3)18-12-5-6-14(9-12)20(18)30-22/h7-8,10,12,14,18-20H,4-6,9,11H2,1-3H3/t12-,14-,18-,19-,20+/m0/s1.